The van der Waals surface area contributed by atoms with Crippen LogP contribution in [-0.2, 0) is 21.8 Å². The summed E-state index contributed by atoms with van der Waals surface area (Å²) >= 11 is 6.26. The first-order chi connectivity index (χ1) is 32.4. The van der Waals surface area contributed by atoms with Crippen molar-refractivity contribution in [3.63, 3.8) is 0 Å². The number of anilines is 3. The number of nitriles is 1. The summed E-state index contributed by atoms with van der Waals surface area (Å²) in [4.78, 5) is 42.9. The first kappa shape index (κ1) is 46.5. The van der Waals surface area contributed by atoms with E-state index >= 15 is 0 Å². The van der Waals surface area contributed by atoms with Gasteiger partial charge < -0.3 is 38.9 Å². The average molecular weight is 961 g/mol. The molecule has 0 unspecified atom stereocenters. The number of aromatic nitrogens is 4. The van der Waals surface area contributed by atoms with Gasteiger partial charge in [0.05, 0.1) is 34.1 Å². The average Bonchev–Trinajstić information content (AvgIpc) is 3.81. The van der Waals surface area contributed by atoms with Crippen LogP contribution in [0.15, 0.2) is 96.3 Å². The van der Waals surface area contributed by atoms with Crippen LogP contribution in [0.5, 0.6) is 17.2 Å². The standard InChI is InChI=1S/C50H54ClN9O7S/c1-7-68(63,64)57-32-12-14-42(39(21-32)40-29-58(6)45(62)43-38(40)15-18-53-43)66-35-10-8-9-33(22-35)60-27-37(28-60)65-34-16-19-59(20-17-34)48-54-25-31(26-55-48)44(61)56-46-49(2,3)47(50(46,4)5)67-36-13-11-30(24-52)41(51)23-36/h8-15,18,21-23,25-26,29,34,37,46-47,53,57H,7,16-17,19-20,27-28H2,1-6H3,(H,56,61). The van der Waals surface area contributed by atoms with E-state index in [1.807, 2.05) is 30.3 Å². The normalized spacial score (nSPS) is 19.1. The highest BCUT2D eigenvalue weighted by molar-refractivity contribution is 7.92. The Kier molecular flexibility index (Phi) is 12.4. The van der Waals surface area contributed by atoms with Crippen LogP contribution in [0.25, 0.3) is 22.0 Å². The predicted octanol–water partition coefficient (Wildman–Crippen LogP) is 7.89. The molecule has 3 aliphatic rings. The van der Waals surface area contributed by atoms with E-state index in [0.717, 1.165) is 44.7 Å². The summed E-state index contributed by atoms with van der Waals surface area (Å²) in [6, 6.07) is 21.7. The van der Waals surface area contributed by atoms with E-state index < -0.39 is 20.9 Å². The molecule has 68 heavy (non-hydrogen) atoms. The summed E-state index contributed by atoms with van der Waals surface area (Å²) in [7, 11) is -1.87. The third kappa shape index (κ3) is 9.07. The second kappa shape index (κ2) is 18.1. The highest BCUT2D eigenvalue weighted by Gasteiger charge is 2.64. The molecule has 3 fully saturated rings. The predicted molar refractivity (Wildman–Crippen MR) is 262 cm³/mol. The molecule has 3 aromatic heterocycles. The number of fused-ring (bicyclic) bond motifs is 1. The van der Waals surface area contributed by atoms with Crippen molar-refractivity contribution in [1.29, 1.82) is 5.26 Å². The molecule has 0 atom stereocenters. The maximum atomic E-state index is 13.5. The van der Waals surface area contributed by atoms with Crippen LogP contribution in [-0.4, -0.2) is 90.1 Å². The fourth-order valence-corrected chi connectivity index (χ4v) is 11.0. The lowest BCUT2D eigenvalue weighted by Gasteiger charge is -2.63. The molecule has 3 aromatic carbocycles. The number of ether oxygens (including phenoxy) is 3. The van der Waals surface area contributed by atoms with Crippen LogP contribution in [0.1, 0.15) is 63.4 Å². The summed E-state index contributed by atoms with van der Waals surface area (Å²) in [6.45, 7) is 12.7. The number of halogens is 1. The first-order valence-electron chi connectivity index (χ1n) is 22.7. The molecular formula is C50H54ClN9O7S. The molecule has 9 rings (SSSR count). The van der Waals surface area contributed by atoms with Crippen LogP contribution in [0.2, 0.25) is 5.02 Å². The molecule has 354 valence electrons. The third-order valence-electron chi connectivity index (χ3n) is 13.5. The maximum absolute atomic E-state index is 13.5. The van der Waals surface area contributed by atoms with Gasteiger partial charge in [0.15, 0.2) is 0 Å². The van der Waals surface area contributed by atoms with E-state index in [-0.39, 0.29) is 41.6 Å². The minimum absolute atomic E-state index is 0.0756. The van der Waals surface area contributed by atoms with Crippen molar-refractivity contribution in [3.8, 4) is 34.4 Å². The number of amides is 1. The number of H-pyrrole nitrogens is 1. The van der Waals surface area contributed by atoms with Gasteiger partial charge in [-0.1, -0.05) is 45.4 Å². The minimum atomic E-state index is -3.55. The van der Waals surface area contributed by atoms with Gasteiger partial charge in [0, 0.05) is 115 Å². The van der Waals surface area contributed by atoms with Crippen LogP contribution < -0.4 is 34.9 Å². The third-order valence-corrected chi connectivity index (χ3v) is 15.1. The molecule has 0 radical (unpaired) electrons. The van der Waals surface area contributed by atoms with Gasteiger partial charge in [-0.25, -0.2) is 18.4 Å². The number of benzene rings is 3. The first-order valence-corrected chi connectivity index (χ1v) is 24.7. The Hall–Kier alpha value is -6.61. The van der Waals surface area contributed by atoms with E-state index in [2.05, 4.69) is 68.6 Å². The van der Waals surface area contributed by atoms with Gasteiger partial charge in [0.25, 0.3) is 11.5 Å². The molecule has 16 nitrogen and oxygen atoms in total. The molecule has 1 amide bonds. The van der Waals surface area contributed by atoms with E-state index in [1.54, 1.807) is 75.2 Å². The molecule has 6 aromatic rings. The van der Waals surface area contributed by atoms with E-state index in [9.17, 15) is 23.3 Å². The van der Waals surface area contributed by atoms with Crippen molar-refractivity contribution in [3.05, 3.63) is 118 Å². The van der Waals surface area contributed by atoms with Crippen molar-refractivity contribution in [2.45, 2.75) is 71.8 Å². The molecule has 5 heterocycles. The fraction of sp³-hybridized carbons (Fsp3) is 0.380. The molecule has 2 aliphatic heterocycles. The molecular weight excluding hydrogens is 906 g/mol. The zero-order valence-electron chi connectivity index (χ0n) is 38.7. The second-order valence-corrected chi connectivity index (χ2v) is 21.4. The molecule has 0 spiro atoms. The summed E-state index contributed by atoms with van der Waals surface area (Å²) in [5.74, 6) is 1.92. The molecule has 0 bridgehead atoms. The fourth-order valence-electron chi connectivity index (χ4n) is 10.1. The summed E-state index contributed by atoms with van der Waals surface area (Å²) < 4.78 is 48.6. The summed E-state index contributed by atoms with van der Waals surface area (Å²) in [5, 5.41) is 13.5. The number of rotatable bonds is 14. The Morgan fingerprint density at radius 3 is 2.37 bits per heavy atom. The number of nitrogens with one attached hydrogen (secondary N) is 3. The van der Waals surface area contributed by atoms with Crippen LogP contribution >= 0.6 is 11.6 Å². The highest BCUT2D eigenvalue weighted by atomic mass is 35.5. The van der Waals surface area contributed by atoms with Crippen LogP contribution in [0, 0.1) is 22.2 Å². The second-order valence-electron chi connectivity index (χ2n) is 19.0. The van der Waals surface area contributed by atoms with Gasteiger partial charge in [0.1, 0.15) is 34.9 Å². The number of carbonyl (C=O) groups is 1. The van der Waals surface area contributed by atoms with Crippen LogP contribution in [0.3, 0.4) is 0 Å². The smallest absolute Gasteiger partial charge is 0.274 e. The number of carbonyl (C=O) groups excluding carboxylic acids is 1. The van der Waals surface area contributed by atoms with Crippen LogP contribution in [0.4, 0.5) is 17.3 Å². The molecule has 2 saturated heterocycles. The van der Waals surface area contributed by atoms with Crippen molar-refractivity contribution in [2.75, 3.05) is 46.5 Å². The van der Waals surface area contributed by atoms with Gasteiger partial charge in [-0.05, 0) is 68.3 Å². The number of nitrogens with zero attached hydrogens (tertiary/aromatic N) is 6. The maximum Gasteiger partial charge on any atom is 0.274 e. The van der Waals surface area contributed by atoms with E-state index in [1.165, 1.54) is 4.57 Å². The van der Waals surface area contributed by atoms with Crippen molar-refractivity contribution in [1.82, 2.24) is 24.8 Å². The lowest BCUT2D eigenvalue weighted by molar-refractivity contribution is -0.164. The van der Waals surface area contributed by atoms with Crippen molar-refractivity contribution >= 4 is 55.8 Å². The lowest BCUT2D eigenvalue weighted by Crippen LogP contribution is -2.74. The minimum Gasteiger partial charge on any atom is -0.489 e. The molecule has 1 aliphatic carbocycles. The molecule has 18 heteroatoms. The number of hydrogen-bond donors (Lipinski definition) is 3. The Labute approximate surface area is 400 Å². The molecule has 1 saturated carbocycles. The summed E-state index contributed by atoms with van der Waals surface area (Å²) in [5.41, 5.74) is 2.92. The van der Waals surface area contributed by atoms with Gasteiger partial charge >= 0.3 is 0 Å². The topological polar surface area (TPSA) is 197 Å². The Balaban J connectivity index is 0.771. The number of aromatic amines is 1. The van der Waals surface area contributed by atoms with Gasteiger partial charge in [-0.3, -0.25) is 14.3 Å². The Morgan fingerprint density at radius 2 is 1.68 bits per heavy atom. The zero-order chi connectivity index (χ0) is 48.1. The number of aryl methyl sites for hydroxylation is 1. The van der Waals surface area contributed by atoms with Crippen molar-refractivity contribution < 1.29 is 27.4 Å². The Morgan fingerprint density at radius 1 is 0.941 bits per heavy atom. The van der Waals surface area contributed by atoms with Gasteiger partial charge in [-0.2, -0.15) is 5.26 Å². The van der Waals surface area contributed by atoms with Crippen molar-refractivity contribution in [2.24, 2.45) is 17.9 Å². The van der Waals surface area contributed by atoms with Gasteiger partial charge in [-0.15, -0.1) is 0 Å². The highest BCUT2D eigenvalue weighted by Crippen LogP contribution is 2.55. The van der Waals surface area contributed by atoms with Gasteiger partial charge in [0.2, 0.25) is 16.0 Å². The zero-order valence-corrected chi connectivity index (χ0v) is 40.3. The lowest BCUT2D eigenvalue weighted by atomic mass is 9.49. The Bertz CT molecular complexity index is 3080. The monoisotopic (exact) mass is 959 g/mol. The van der Waals surface area contributed by atoms with E-state index in [0.29, 0.717) is 67.1 Å². The number of hydrogen-bond acceptors (Lipinski definition) is 12. The SMILES string of the molecule is CCS(=O)(=O)Nc1ccc(Oc2cccc(N3CC(OC4CCN(c5ncc(C(=O)NC6C(C)(C)C(Oc7ccc(C#N)c(Cl)c7)C6(C)C)cn5)CC4)C3)c2)c(-c2cn(C)c(=O)c3[nH]ccc23)c1. The number of pyridine rings is 1. The summed E-state index contributed by atoms with van der Waals surface area (Å²) in [6.07, 6.45) is 8.20. The van der Waals surface area contributed by atoms with E-state index in [4.69, 9.17) is 25.8 Å². The molecule has 3 N–H and O–H groups in total. The number of piperidine rings is 1. The number of sulfonamides is 1. The quantitative estimate of drug-likeness (QED) is 0.0957. The largest absolute Gasteiger partial charge is 0.489 e.